The zero-order valence-corrected chi connectivity index (χ0v) is 23.8. The molecule has 12 rings (SSSR count). The Labute approximate surface area is 255 Å². The summed E-state index contributed by atoms with van der Waals surface area (Å²) in [6.07, 6.45) is 6.81. The van der Waals surface area contributed by atoms with Crippen molar-refractivity contribution in [2.45, 2.75) is 5.66 Å². The zero-order valence-electron chi connectivity index (χ0n) is 23.8. The lowest BCUT2D eigenvalue weighted by molar-refractivity contribution is -0.987. The third-order valence-corrected chi connectivity index (χ3v) is 10.2. The first-order chi connectivity index (χ1) is 22.3. The first kappa shape index (κ1) is 22.4. The smallest absolute Gasteiger partial charge is 0.397 e. The van der Waals surface area contributed by atoms with E-state index in [1.54, 1.807) is 0 Å². The number of rotatable bonds is 1. The van der Waals surface area contributed by atoms with Crippen LogP contribution in [0.3, 0.4) is 0 Å². The SMILES string of the molecule is c1cc2c3c(c1)-n1c4ccccc4c4ccc[n+](c41)C31c3c(cccc3-n3cc(-c4ccc5oc6ccccc6c5c4)c[n+]31)O2. The van der Waals surface area contributed by atoms with Gasteiger partial charge in [0.05, 0.1) is 23.3 Å². The summed E-state index contributed by atoms with van der Waals surface area (Å²) in [6.45, 7) is 0. The van der Waals surface area contributed by atoms with Crippen LogP contribution in [0.5, 0.6) is 11.5 Å². The first-order valence-corrected chi connectivity index (χ1v) is 15.3. The molecule has 3 aliphatic heterocycles. The maximum absolute atomic E-state index is 6.74. The Hall–Kier alpha value is -6.14. The van der Waals surface area contributed by atoms with Crippen molar-refractivity contribution in [3.63, 3.8) is 0 Å². The van der Waals surface area contributed by atoms with Gasteiger partial charge in [0.15, 0.2) is 11.3 Å². The number of pyridine rings is 1. The molecule has 0 saturated carbocycles. The Bertz CT molecular complexity index is 2820. The van der Waals surface area contributed by atoms with Crippen LogP contribution in [-0.2, 0) is 5.66 Å². The molecule has 0 N–H and O–H groups in total. The van der Waals surface area contributed by atoms with E-state index in [1.165, 1.54) is 21.9 Å². The number of nitrogens with zero attached hydrogens (tertiary/aromatic N) is 4. The van der Waals surface area contributed by atoms with Gasteiger partial charge in [0, 0.05) is 16.2 Å². The molecule has 4 aromatic heterocycles. The molecule has 1 spiro atoms. The molecule has 3 aliphatic rings. The molecular formula is C39H22N4O2+2. The van der Waals surface area contributed by atoms with Crippen molar-refractivity contribution in [1.29, 1.82) is 0 Å². The molecular weight excluding hydrogens is 556 g/mol. The minimum absolute atomic E-state index is 0.690. The summed E-state index contributed by atoms with van der Waals surface area (Å²) in [5, 5.41) is 4.73. The van der Waals surface area contributed by atoms with Crippen molar-refractivity contribution < 1.29 is 18.4 Å². The van der Waals surface area contributed by atoms with Crippen molar-refractivity contribution in [1.82, 2.24) is 9.25 Å². The van der Waals surface area contributed by atoms with E-state index in [-0.39, 0.29) is 0 Å². The second-order valence-electron chi connectivity index (χ2n) is 12.3. The summed E-state index contributed by atoms with van der Waals surface area (Å²) < 4.78 is 22.5. The minimum atomic E-state index is -0.690. The topological polar surface area (TPSA) is 40.0 Å². The Morgan fingerprint density at radius 1 is 0.600 bits per heavy atom. The zero-order chi connectivity index (χ0) is 29.0. The largest absolute Gasteiger partial charge is 0.456 e. The average molecular weight is 579 g/mol. The van der Waals surface area contributed by atoms with Gasteiger partial charge >= 0.3 is 11.3 Å². The van der Waals surface area contributed by atoms with Crippen LogP contribution in [0.15, 0.2) is 138 Å². The van der Waals surface area contributed by atoms with Crippen molar-refractivity contribution in [3.8, 4) is 34.0 Å². The van der Waals surface area contributed by atoms with E-state index in [0.717, 1.165) is 67.1 Å². The van der Waals surface area contributed by atoms with Gasteiger partial charge < -0.3 is 9.15 Å². The Balaban J connectivity index is 1.23. The fourth-order valence-corrected chi connectivity index (χ4v) is 8.48. The van der Waals surface area contributed by atoms with Crippen LogP contribution in [0.4, 0.5) is 0 Å². The third-order valence-electron chi connectivity index (χ3n) is 10.2. The Kier molecular flexibility index (Phi) is 3.64. The van der Waals surface area contributed by atoms with Gasteiger partial charge in [-0.25, -0.2) is 0 Å². The van der Waals surface area contributed by atoms with Gasteiger partial charge in [0.25, 0.3) is 0 Å². The lowest BCUT2D eigenvalue weighted by Crippen LogP contribution is -2.76. The van der Waals surface area contributed by atoms with Crippen molar-refractivity contribution >= 4 is 43.9 Å². The van der Waals surface area contributed by atoms with Gasteiger partial charge in [0.1, 0.15) is 39.4 Å². The standard InChI is InChI=1S/C39H22N4O2/c1-3-11-29-25(8-1)27-10-7-19-40-38(27)43(29)31-13-6-16-35-37(31)39(40)36-30(12-5-15-34(36)45-35)41-21-24(22-42(39)41)23-17-18-33-28(20-23)26-9-2-4-14-32(26)44-33/h1-22H/q+2. The van der Waals surface area contributed by atoms with E-state index in [9.17, 15) is 0 Å². The summed E-state index contributed by atoms with van der Waals surface area (Å²) in [6, 6.07) is 40.8. The van der Waals surface area contributed by atoms with E-state index < -0.39 is 5.66 Å². The molecule has 208 valence electrons. The van der Waals surface area contributed by atoms with Gasteiger partial charge in [-0.05, 0) is 72.3 Å². The van der Waals surface area contributed by atoms with Gasteiger partial charge in [-0.15, -0.1) is 4.68 Å². The highest BCUT2D eigenvalue weighted by Gasteiger charge is 2.68. The van der Waals surface area contributed by atoms with Crippen LogP contribution in [-0.4, -0.2) is 9.25 Å². The second-order valence-corrected chi connectivity index (χ2v) is 12.3. The molecule has 9 aromatic rings. The molecule has 45 heavy (non-hydrogen) atoms. The van der Waals surface area contributed by atoms with Crippen LogP contribution in [0.2, 0.25) is 0 Å². The Morgan fingerprint density at radius 2 is 1.36 bits per heavy atom. The van der Waals surface area contributed by atoms with Gasteiger partial charge in [0.2, 0.25) is 6.20 Å². The number of benzene rings is 5. The molecule has 6 nitrogen and oxygen atoms in total. The lowest BCUT2D eigenvalue weighted by atomic mass is 9.84. The highest BCUT2D eigenvalue weighted by Crippen LogP contribution is 2.54. The normalized spacial score (nSPS) is 16.7. The van der Waals surface area contributed by atoms with E-state index in [0.29, 0.717) is 0 Å². The summed E-state index contributed by atoms with van der Waals surface area (Å²) >= 11 is 0. The minimum Gasteiger partial charge on any atom is -0.456 e. The molecule has 0 bridgehead atoms. The molecule has 1 atom stereocenters. The second kappa shape index (κ2) is 7.31. The summed E-state index contributed by atoms with van der Waals surface area (Å²) in [5.74, 6) is 1.76. The first-order valence-electron chi connectivity index (χ1n) is 15.3. The predicted octanol–water partition coefficient (Wildman–Crippen LogP) is 7.75. The van der Waals surface area contributed by atoms with E-state index in [4.69, 9.17) is 9.15 Å². The number of para-hydroxylation sites is 2. The Morgan fingerprint density at radius 3 is 2.27 bits per heavy atom. The van der Waals surface area contributed by atoms with Crippen molar-refractivity contribution in [3.05, 3.63) is 145 Å². The number of ether oxygens (including phenoxy) is 1. The highest BCUT2D eigenvalue weighted by atomic mass is 16.5. The number of hydrogen-bond acceptors (Lipinski definition) is 2. The van der Waals surface area contributed by atoms with Gasteiger partial charge in [-0.1, -0.05) is 53.2 Å². The van der Waals surface area contributed by atoms with Crippen molar-refractivity contribution in [2.24, 2.45) is 0 Å². The predicted molar refractivity (Wildman–Crippen MR) is 171 cm³/mol. The third kappa shape index (κ3) is 2.39. The number of fused-ring (bicyclic) bond motifs is 9. The van der Waals surface area contributed by atoms with Crippen LogP contribution < -0.4 is 14.0 Å². The molecule has 0 amide bonds. The van der Waals surface area contributed by atoms with Crippen LogP contribution in [0.25, 0.3) is 66.4 Å². The van der Waals surface area contributed by atoms with Crippen LogP contribution in [0.1, 0.15) is 11.1 Å². The lowest BCUT2D eigenvalue weighted by Gasteiger charge is -2.32. The molecule has 1 unspecified atom stereocenters. The van der Waals surface area contributed by atoms with Crippen LogP contribution in [0, 0.1) is 0 Å². The maximum atomic E-state index is 6.74. The summed E-state index contributed by atoms with van der Waals surface area (Å²) in [4.78, 5) is 0. The average Bonchev–Trinajstić information content (AvgIpc) is 3.83. The molecule has 0 radical (unpaired) electrons. The number of aromatic nitrogens is 4. The fourth-order valence-electron chi connectivity index (χ4n) is 8.48. The molecule has 0 aliphatic carbocycles. The monoisotopic (exact) mass is 578 g/mol. The quantitative estimate of drug-likeness (QED) is 0.187. The van der Waals surface area contributed by atoms with Gasteiger partial charge in [-0.2, -0.15) is 9.13 Å². The van der Waals surface area contributed by atoms with E-state index in [2.05, 4.69) is 140 Å². The van der Waals surface area contributed by atoms with Crippen LogP contribution >= 0.6 is 0 Å². The molecule has 0 saturated heterocycles. The van der Waals surface area contributed by atoms with Gasteiger partial charge in [-0.3, -0.25) is 0 Å². The van der Waals surface area contributed by atoms with Crippen molar-refractivity contribution in [2.75, 3.05) is 0 Å². The number of furan rings is 1. The fraction of sp³-hybridized carbons (Fsp3) is 0.0256. The maximum Gasteiger partial charge on any atom is 0.397 e. The highest BCUT2D eigenvalue weighted by molar-refractivity contribution is 6.08. The summed E-state index contributed by atoms with van der Waals surface area (Å²) in [7, 11) is 0. The van der Waals surface area contributed by atoms with E-state index >= 15 is 0 Å². The molecule has 6 heteroatoms. The number of hydrogen-bond donors (Lipinski definition) is 0. The molecule has 5 aromatic carbocycles. The molecule has 7 heterocycles. The van der Waals surface area contributed by atoms with E-state index in [1.807, 2.05) is 12.1 Å². The molecule has 0 fully saturated rings. The summed E-state index contributed by atoms with van der Waals surface area (Å²) in [5.41, 5.74) is 10.3.